The fourth-order valence-corrected chi connectivity index (χ4v) is 2.79. The molecular formula is C16H18BrN3S. The number of rotatable bonds is 5. The monoisotopic (exact) mass is 363 g/mol. The van der Waals surface area contributed by atoms with Gasteiger partial charge < -0.3 is 10.6 Å². The van der Waals surface area contributed by atoms with Gasteiger partial charge in [-0.3, -0.25) is 5.41 Å². The summed E-state index contributed by atoms with van der Waals surface area (Å²) in [6.07, 6.45) is 2.04. The molecule has 2 aromatic rings. The molecule has 1 unspecified atom stereocenters. The topological polar surface area (TPSA) is 47.9 Å². The maximum atomic E-state index is 7.96. The third kappa shape index (κ3) is 5.10. The Bertz CT molecular complexity index is 589. The lowest BCUT2D eigenvalue weighted by Crippen LogP contribution is -2.31. The van der Waals surface area contributed by atoms with Crippen LogP contribution in [0.15, 0.2) is 59.5 Å². The van der Waals surface area contributed by atoms with Gasteiger partial charge in [0.05, 0.1) is 4.83 Å². The second-order valence-electron chi connectivity index (χ2n) is 4.49. The molecule has 0 aliphatic rings. The van der Waals surface area contributed by atoms with Crippen LogP contribution in [0.2, 0.25) is 0 Å². The van der Waals surface area contributed by atoms with E-state index in [4.69, 9.17) is 5.41 Å². The predicted molar refractivity (Wildman–Crippen MR) is 95.7 cm³/mol. The van der Waals surface area contributed by atoms with Gasteiger partial charge in [0.15, 0.2) is 5.96 Å². The zero-order chi connectivity index (χ0) is 15.1. The number of thioether (sulfide) groups is 1. The third-order valence-electron chi connectivity index (χ3n) is 2.96. The fraction of sp³-hybridized carbons (Fsp3) is 0.188. The van der Waals surface area contributed by atoms with Crippen LogP contribution in [-0.2, 0) is 0 Å². The Hall–Kier alpha value is -1.46. The molecule has 0 radical (unpaired) electrons. The van der Waals surface area contributed by atoms with E-state index in [2.05, 4.69) is 44.8 Å². The highest BCUT2D eigenvalue weighted by Gasteiger charge is 2.07. The van der Waals surface area contributed by atoms with Crippen LogP contribution in [0.25, 0.3) is 0 Å². The first-order valence-electron chi connectivity index (χ1n) is 6.61. The first-order chi connectivity index (χ1) is 10.2. The molecule has 21 heavy (non-hydrogen) atoms. The second-order valence-corrected chi connectivity index (χ2v) is 6.48. The Morgan fingerprint density at radius 2 is 1.95 bits per heavy atom. The van der Waals surface area contributed by atoms with Crippen molar-refractivity contribution in [3.8, 4) is 0 Å². The summed E-state index contributed by atoms with van der Waals surface area (Å²) in [6.45, 7) is 0.651. The molecule has 3 nitrogen and oxygen atoms in total. The van der Waals surface area contributed by atoms with E-state index in [0.717, 1.165) is 5.69 Å². The minimum atomic E-state index is 0.179. The summed E-state index contributed by atoms with van der Waals surface area (Å²) < 4.78 is 0. The summed E-state index contributed by atoms with van der Waals surface area (Å²) >= 11 is 5.32. The Labute approximate surface area is 138 Å². The Morgan fingerprint density at radius 3 is 2.67 bits per heavy atom. The summed E-state index contributed by atoms with van der Waals surface area (Å²) in [5, 5.41) is 14.1. The van der Waals surface area contributed by atoms with E-state index >= 15 is 0 Å². The van der Waals surface area contributed by atoms with Crippen molar-refractivity contribution in [1.82, 2.24) is 5.32 Å². The highest BCUT2D eigenvalue weighted by Crippen LogP contribution is 2.21. The highest BCUT2D eigenvalue weighted by molar-refractivity contribution is 9.09. The van der Waals surface area contributed by atoms with Crippen molar-refractivity contribution in [2.45, 2.75) is 9.72 Å². The van der Waals surface area contributed by atoms with E-state index in [1.54, 1.807) is 11.8 Å². The van der Waals surface area contributed by atoms with Gasteiger partial charge in [-0.2, -0.15) is 0 Å². The van der Waals surface area contributed by atoms with Crippen molar-refractivity contribution in [2.75, 3.05) is 18.1 Å². The van der Waals surface area contributed by atoms with Crippen LogP contribution in [0.1, 0.15) is 10.4 Å². The summed E-state index contributed by atoms with van der Waals surface area (Å²) in [4.78, 5) is 1.36. The zero-order valence-electron chi connectivity index (χ0n) is 11.8. The molecule has 5 heteroatoms. The van der Waals surface area contributed by atoms with Gasteiger partial charge in [-0.15, -0.1) is 11.8 Å². The summed E-state index contributed by atoms with van der Waals surface area (Å²) in [7, 11) is 0. The van der Waals surface area contributed by atoms with Crippen LogP contribution in [0.3, 0.4) is 0 Å². The van der Waals surface area contributed by atoms with Gasteiger partial charge in [0, 0.05) is 17.1 Å². The van der Waals surface area contributed by atoms with Gasteiger partial charge in [-0.1, -0.05) is 52.3 Å². The molecule has 110 valence electrons. The molecule has 1 atom stereocenters. The second kappa shape index (κ2) is 8.10. The normalized spacial score (nSPS) is 11.7. The standard InChI is InChI=1S/C16H18BrN3S/c1-21-14-9-5-8-13(10-14)20-16(18)19-11-15(17)12-6-3-2-4-7-12/h2-10,15H,11H2,1H3,(H3,18,19,20). The van der Waals surface area contributed by atoms with Crippen molar-refractivity contribution in [3.05, 3.63) is 60.2 Å². The number of halogens is 1. The number of hydrogen-bond acceptors (Lipinski definition) is 2. The molecule has 0 saturated heterocycles. The van der Waals surface area contributed by atoms with Gasteiger partial charge >= 0.3 is 0 Å². The summed E-state index contributed by atoms with van der Waals surface area (Å²) in [5.74, 6) is 0.300. The lowest BCUT2D eigenvalue weighted by Gasteiger charge is -2.14. The summed E-state index contributed by atoms with van der Waals surface area (Å²) in [6, 6.07) is 18.2. The molecule has 2 aromatic carbocycles. The van der Waals surface area contributed by atoms with Crippen molar-refractivity contribution >= 4 is 39.3 Å². The molecule has 0 fully saturated rings. The van der Waals surface area contributed by atoms with Gasteiger partial charge in [0.1, 0.15) is 0 Å². The minimum Gasteiger partial charge on any atom is -0.355 e. The van der Waals surface area contributed by atoms with Crippen LogP contribution in [0, 0.1) is 5.41 Å². The fourth-order valence-electron chi connectivity index (χ4n) is 1.86. The average molecular weight is 364 g/mol. The van der Waals surface area contributed by atoms with Crippen LogP contribution in [-0.4, -0.2) is 18.8 Å². The maximum absolute atomic E-state index is 7.96. The van der Waals surface area contributed by atoms with Crippen LogP contribution in [0.5, 0.6) is 0 Å². The molecular weight excluding hydrogens is 346 g/mol. The minimum absolute atomic E-state index is 0.179. The molecule has 0 aliphatic carbocycles. The lowest BCUT2D eigenvalue weighted by atomic mass is 10.1. The average Bonchev–Trinajstić information content (AvgIpc) is 2.53. The number of guanidine groups is 1. The summed E-state index contributed by atoms with van der Waals surface area (Å²) in [5.41, 5.74) is 2.12. The SMILES string of the molecule is CSc1cccc(NC(=N)NCC(Br)c2ccccc2)c1. The van der Waals surface area contributed by atoms with Crippen molar-refractivity contribution in [3.63, 3.8) is 0 Å². The van der Waals surface area contributed by atoms with E-state index in [-0.39, 0.29) is 4.83 Å². The number of nitrogens with one attached hydrogen (secondary N) is 3. The first-order valence-corrected chi connectivity index (χ1v) is 8.75. The molecule has 0 amide bonds. The largest absolute Gasteiger partial charge is 0.355 e. The predicted octanol–water partition coefficient (Wildman–Crippen LogP) is 4.48. The first kappa shape index (κ1) is 15.9. The smallest absolute Gasteiger partial charge is 0.192 e. The molecule has 0 aromatic heterocycles. The van der Waals surface area contributed by atoms with Gasteiger partial charge in [0.2, 0.25) is 0 Å². The molecule has 0 bridgehead atoms. The number of alkyl halides is 1. The van der Waals surface area contributed by atoms with Crippen LogP contribution in [0.4, 0.5) is 5.69 Å². The quantitative estimate of drug-likeness (QED) is 0.317. The lowest BCUT2D eigenvalue weighted by molar-refractivity contribution is 0.852. The van der Waals surface area contributed by atoms with Crippen molar-refractivity contribution in [2.24, 2.45) is 0 Å². The van der Waals surface area contributed by atoms with E-state index in [9.17, 15) is 0 Å². The maximum Gasteiger partial charge on any atom is 0.192 e. The molecule has 0 spiro atoms. The Kier molecular flexibility index (Phi) is 6.14. The Morgan fingerprint density at radius 1 is 1.19 bits per heavy atom. The van der Waals surface area contributed by atoms with E-state index in [0.29, 0.717) is 12.5 Å². The van der Waals surface area contributed by atoms with Crippen molar-refractivity contribution < 1.29 is 0 Å². The molecule has 2 rings (SSSR count). The van der Waals surface area contributed by atoms with E-state index in [1.165, 1.54) is 10.5 Å². The molecule has 3 N–H and O–H groups in total. The molecule has 0 heterocycles. The van der Waals surface area contributed by atoms with Crippen LogP contribution < -0.4 is 10.6 Å². The number of anilines is 1. The molecule has 0 aliphatic heterocycles. The highest BCUT2D eigenvalue weighted by atomic mass is 79.9. The Balaban J connectivity index is 1.84. The number of hydrogen-bond donors (Lipinski definition) is 3. The third-order valence-corrected chi connectivity index (χ3v) is 4.54. The van der Waals surface area contributed by atoms with E-state index in [1.807, 2.05) is 42.7 Å². The number of benzene rings is 2. The van der Waals surface area contributed by atoms with Crippen LogP contribution >= 0.6 is 27.7 Å². The van der Waals surface area contributed by atoms with Gasteiger partial charge in [-0.05, 0) is 30.0 Å². The molecule has 0 saturated carbocycles. The van der Waals surface area contributed by atoms with Gasteiger partial charge in [-0.25, -0.2) is 0 Å². The van der Waals surface area contributed by atoms with Gasteiger partial charge in [0.25, 0.3) is 0 Å². The van der Waals surface area contributed by atoms with E-state index < -0.39 is 0 Å². The van der Waals surface area contributed by atoms with Crippen molar-refractivity contribution in [1.29, 1.82) is 5.41 Å². The zero-order valence-corrected chi connectivity index (χ0v) is 14.2.